The molecule has 138 valence electrons. The number of ether oxygens (including phenoxy) is 2. The number of hydrazone groups is 1. The molecule has 1 N–H and O–H groups in total. The summed E-state index contributed by atoms with van der Waals surface area (Å²) < 4.78 is 10.9. The smallest absolute Gasteiger partial charge is 0.315 e. The number of hydrogen-bond donors (Lipinski definition) is 1. The Morgan fingerprint density at radius 1 is 1.23 bits per heavy atom. The topological polar surface area (TPSA) is 86.0 Å². The van der Waals surface area contributed by atoms with Crippen molar-refractivity contribution in [3.05, 3.63) is 56.6 Å². The van der Waals surface area contributed by atoms with E-state index in [0.717, 1.165) is 5.56 Å². The number of aryl methyl sites for hydroxylation is 1. The van der Waals surface area contributed by atoms with Gasteiger partial charge in [-0.05, 0) is 44.5 Å². The second-order valence-corrected chi connectivity index (χ2v) is 5.73. The van der Waals surface area contributed by atoms with Crippen LogP contribution in [0.5, 0.6) is 11.5 Å². The summed E-state index contributed by atoms with van der Waals surface area (Å²) in [6.07, 6.45) is 1.47. The molecule has 0 fully saturated rings. The molecule has 0 saturated heterocycles. The van der Waals surface area contributed by atoms with Gasteiger partial charge in [-0.15, -0.1) is 0 Å². The molecule has 0 aromatic heterocycles. The lowest BCUT2D eigenvalue weighted by molar-refractivity contribution is -0.385. The average Bonchev–Trinajstić information content (AvgIpc) is 2.60. The van der Waals surface area contributed by atoms with E-state index in [1.54, 1.807) is 26.0 Å². The molecule has 8 heteroatoms. The fourth-order valence-electron chi connectivity index (χ4n) is 2.21. The van der Waals surface area contributed by atoms with Crippen LogP contribution in [0.4, 0.5) is 11.4 Å². The standard InChI is InChI=1S/C18H20ClN3O4/c1-4-25-17-9-13(8-16(22(23)24)18(17)26-5-2)11-20-21-14-7-6-12(3)15(19)10-14/h6-11,21H,4-5H2,1-3H3/b20-11+. The molecule has 0 atom stereocenters. The van der Waals surface area contributed by atoms with Gasteiger partial charge in [0.1, 0.15) is 0 Å². The fourth-order valence-corrected chi connectivity index (χ4v) is 2.39. The highest BCUT2D eigenvalue weighted by Crippen LogP contribution is 2.38. The zero-order chi connectivity index (χ0) is 19.1. The van der Waals surface area contributed by atoms with Gasteiger partial charge in [0.15, 0.2) is 5.75 Å². The van der Waals surface area contributed by atoms with Crippen LogP contribution in [0, 0.1) is 17.0 Å². The first-order chi connectivity index (χ1) is 12.5. The number of hydrogen-bond acceptors (Lipinski definition) is 6. The van der Waals surface area contributed by atoms with Crippen molar-refractivity contribution in [1.82, 2.24) is 0 Å². The number of halogens is 1. The van der Waals surface area contributed by atoms with E-state index in [1.807, 2.05) is 19.1 Å². The second kappa shape index (κ2) is 9.05. The van der Waals surface area contributed by atoms with Crippen molar-refractivity contribution in [2.45, 2.75) is 20.8 Å². The van der Waals surface area contributed by atoms with Crippen LogP contribution >= 0.6 is 11.6 Å². The zero-order valence-corrected chi connectivity index (χ0v) is 15.5. The Hall–Kier alpha value is -2.80. The van der Waals surface area contributed by atoms with Crippen LogP contribution in [-0.2, 0) is 0 Å². The molecule has 26 heavy (non-hydrogen) atoms. The largest absolute Gasteiger partial charge is 0.490 e. The van der Waals surface area contributed by atoms with Gasteiger partial charge in [-0.1, -0.05) is 17.7 Å². The maximum Gasteiger partial charge on any atom is 0.315 e. The van der Waals surface area contributed by atoms with E-state index < -0.39 is 4.92 Å². The van der Waals surface area contributed by atoms with E-state index in [1.165, 1.54) is 12.3 Å². The Labute approximate surface area is 156 Å². The van der Waals surface area contributed by atoms with Gasteiger partial charge in [0.25, 0.3) is 0 Å². The molecule has 0 aliphatic rings. The molecule has 0 aliphatic heterocycles. The minimum absolute atomic E-state index is 0.120. The molecule has 0 saturated carbocycles. The molecule has 0 unspecified atom stereocenters. The van der Waals surface area contributed by atoms with Crippen LogP contribution < -0.4 is 14.9 Å². The number of nitrogens with zero attached hydrogens (tertiary/aromatic N) is 2. The Balaban J connectivity index is 2.29. The normalized spacial score (nSPS) is 10.8. The number of nitro benzene ring substituents is 1. The Morgan fingerprint density at radius 3 is 2.58 bits per heavy atom. The lowest BCUT2D eigenvalue weighted by atomic mass is 10.2. The van der Waals surface area contributed by atoms with Crippen LogP contribution in [-0.4, -0.2) is 24.4 Å². The monoisotopic (exact) mass is 377 g/mol. The van der Waals surface area contributed by atoms with Gasteiger partial charge < -0.3 is 9.47 Å². The average molecular weight is 378 g/mol. The fraction of sp³-hybridized carbons (Fsp3) is 0.278. The maximum absolute atomic E-state index is 11.4. The summed E-state index contributed by atoms with van der Waals surface area (Å²) in [5, 5.41) is 16.1. The van der Waals surface area contributed by atoms with Crippen LogP contribution in [0.15, 0.2) is 35.4 Å². The minimum atomic E-state index is -0.502. The first-order valence-electron chi connectivity index (χ1n) is 8.09. The van der Waals surface area contributed by atoms with Gasteiger partial charge in [-0.25, -0.2) is 0 Å². The summed E-state index contributed by atoms with van der Waals surface area (Å²) in [5.74, 6) is 0.429. The lowest BCUT2D eigenvalue weighted by Crippen LogP contribution is -2.03. The summed E-state index contributed by atoms with van der Waals surface area (Å²) in [6, 6.07) is 8.50. The van der Waals surface area contributed by atoms with E-state index in [0.29, 0.717) is 35.2 Å². The van der Waals surface area contributed by atoms with Gasteiger partial charge in [0.05, 0.1) is 30.0 Å². The molecule has 2 aromatic rings. The van der Waals surface area contributed by atoms with Crippen LogP contribution in [0.25, 0.3) is 0 Å². The van der Waals surface area contributed by atoms with E-state index >= 15 is 0 Å². The molecular formula is C18H20ClN3O4. The van der Waals surface area contributed by atoms with Crippen LogP contribution in [0.3, 0.4) is 0 Å². The summed E-state index contributed by atoms with van der Waals surface area (Å²) in [4.78, 5) is 10.9. The number of anilines is 1. The Bertz CT molecular complexity index is 824. The number of rotatable bonds is 8. The van der Waals surface area contributed by atoms with Crippen molar-refractivity contribution >= 4 is 29.2 Å². The third-order valence-corrected chi connectivity index (χ3v) is 3.83. The summed E-state index contributed by atoms with van der Waals surface area (Å²) >= 11 is 6.07. The first kappa shape index (κ1) is 19.5. The highest BCUT2D eigenvalue weighted by molar-refractivity contribution is 6.31. The minimum Gasteiger partial charge on any atom is -0.490 e. The molecule has 0 bridgehead atoms. The molecule has 0 aliphatic carbocycles. The zero-order valence-electron chi connectivity index (χ0n) is 14.8. The maximum atomic E-state index is 11.4. The molecule has 0 amide bonds. The highest BCUT2D eigenvalue weighted by atomic mass is 35.5. The summed E-state index contributed by atoms with van der Waals surface area (Å²) in [7, 11) is 0. The van der Waals surface area contributed by atoms with Crippen LogP contribution in [0.1, 0.15) is 25.0 Å². The van der Waals surface area contributed by atoms with E-state index in [9.17, 15) is 10.1 Å². The summed E-state index contributed by atoms with van der Waals surface area (Å²) in [5.41, 5.74) is 4.86. The highest BCUT2D eigenvalue weighted by Gasteiger charge is 2.22. The number of nitrogens with one attached hydrogen (secondary N) is 1. The van der Waals surface area contributed by atoms with Crippen molar-refractivity contribution in [2.24, 2.45) is 5.10 Å². The molecule has 0 heterocycles. The van der Waals surface area contributed by atoms with Crippen molar-refractivity contribution in [1.29, 1.82) is 0 Å². The molecule has 0 spiro atoms. The van der Waals surface area contributed by atoms with E-state index in [-0.39, 0.29) is 11.4 Å². The predicted octanol–water partition coefficient (Wildman–Crippen LogP) is 4.80. The van der Waals surface area contributed by atoms with Crippen molar-refractivity contribution in [3.63, 3.8) is 0 Å². The third kappa shape index (κ3) is 4.86. The van der Waals surface area contributed by atoms with Crippen molar-refractivity contribution < 1.29 is 14.4 Å². The number of benzene rings is 2. The lowest BCUT2D eigenvalue weighted by Gasteiger charge is -2.11. The molecular weight excluding hydrogens is 358 g/mol. The Kier molecular flexibility index (Phi) is 6.80. The van der Waals surface area contributed by atoms with Crippen molar-refractivity contribution in [2.75, 3.05) is 18.6 Å². The van der Waals surface area contributed by atoms with Gasteiger partial charge in [-0.2, -0.15) is 5.10 Å². The van der Waals surface area contributed by atoms with E-state index in [2.05, 4.69) is 10.5 Å². The molecule has 2 aromatic carbocycles. The third-order valence-electron chi connectivity index (χ3n) is 3.42. The van der Waals surface area contributed by atoms with Crippen molar-refractivity contribution in [3.8, 4) is 11.5 Å². The van der Waals surface area contributed by atoms with Crippen LogP contribution in [0.2, 0.25) is 5.02 Å². The molecule has 0 radical (unpaired) electrons. The van der Waals surface area contributed by atoms with E-state index in [4.69, 9.17) is 21.1 Å². The predicted molar refractivity (Wildman–Crippen MR) is 103 cm³/mol. The van der Waals surface area contributed by atoms with Gasteiger partial charge in [0, 0.05) is 16.7 Å². The summed E-state index contributed by atoms with van der Waals surface area (Å²) in [6.45, 7) is 6.11. The second-order valence-electron chi connectivity index (χ2n) is 5.32. The van der Waals surface area contributed by atoms with Gasteiger partial charge in [0.2, 0.25) is 5.75 Å². The molecule has 2 rings (SSSR count). The quantitative estimate of drug-likeness (QED) is 0.405. The Morgan fingerprint density at radius 2 is 1.96 bits per heavy atom. The number of nitro groups is 1. The molecule has 7 nitrogen and oxygen atoms in total. The van der Waals surface area contributed by atoms with Gasteiger partial charge >= 0.3 is 5.69 Å². The van der Waals surface area contributed by atoms with Gasteiger partial charge in [-0.3, -0.25) is 15.5 Å². The first-order valence-corrected chi connectivity index (χ1v) is 8.47. The SMILES string of the molecule is CCOc1cc(/C=N/Nc2ccc(C)c(Cl)c2)cc([N+](=O)[O-])c1OCC.